The van der Waals surface area contributed by atoms with Crippen molar-refractivity contribution in [2.75, 3.05) is 26.1 Å². The fourth-order valence-electron chi connectivity index (χ4n) is 3.71. The molecule has 1 N–H and O–H groups in total. The van der Waals surface area contributed by atoms with Crippen LogP contribution in [0.2, 0.25) is 5.02 Å². The number of hydrogen-bond donors (Lipinski definition) is 1. The molecule has 29 heavy (non-hydrogen) atoms. The van der Waals surface area contributed by atoms with Gasteiger partial charge in [0.15, 0.2) is 0 Å². The molecule has 4 rings (SSSR count). The first-order chi connectivity index (χ1) is 14.1. The molecule has 1 atom stereocenters. The van der Waals surface area contributed by atoms with Gasteiger partial charge in [0.05, 0.1) is 14.2 Å². The second kappa shape index (κ2) is 8.09. The van der Waals surface area contributed by atoms with Crippen LogP contribution < -0.4 is 14.8 Å². The van der Waals surface area contributed by atoms with Gasteiger partial charge in [0.25, 0.3) is 0 Å². The molecule has 0 unspecified atom stereocenters. The van der Waals surface area contributed by atoms with Crippen molar-refractivity contribution in [3.8, 4) is 11.5 Å². The Morgan fingerprint density at radius 1 is 1.07 bits per heavy atom. The number of anilines is 1. The Hall–Kier alpha value is -3.12. The maximum Gasteiger partial charge on any atom is 0.322 e. The van der Waals surface area contributed by atoms with E-state index in [0.29, 0.717) is 28.8 Å². The lowest BCUT2D eigenvalue weighted by atomic mass is 9.98. The number of carbonyl (C=O) groups excluding carboxylic acids is 1. The van der Waals surface area contributed by atoms with Crippen LogP contribution in [0.3, 0.4) is 0 Å². The van der Waals surface area contributed by atoms with Gasteiger partial charge in [-0.25, -0.2) is 4.79 Å². The Morgan fingerprint density at radius 2 is 1.86 bits per heavy atom. The molecule has 2 aromatic carbocycles. The summed E-state index contributed by atoms with van der Waals surface area (Å²) in [5.74, 6) is 1.41. The molecule has 0 radical (unpaired) electrons. The van der Waals surface area contributed by atoms with Crippen molar-refractivity contribution >= 4 is 23.3 Å². The second-order valence-electron chi connectivity index (χ2n) is 6.77. The predicted octanol–water partition coefficient (Wildman–Crippen LogP) is 4.80. The number of methoxy groups -OCH3 is 2. The van der Waals surface area contributed by atoms with Gasteiger partial charge < -0.3 is 24.3 Å². The van der Waals surface area contributed by atoms with Crippen LogP contribution in [-0.2, 0) is 6.54 Å². The van der Waals surface area contributed by atoms with Gasteiger partial charge in [-0.3, -0.25) is 0 Å². The van der Waals surface area contributed by atoms with Crippen LogP contribution in [0.4, 0.5) is 10.5 Å². The largest absolute Gasteiger partial charge is 0.497 e. The molecule has 0 saturated carbocycles. The number of ether oxygens (including phenoxy) is 2. The number of aromatic nitrogens is 1. The molecule has 7 heteroatoms. The third-order valence-electron chi connectivity index (χ3n) is 5.13. The molecule has 1 aliphatic rings. The molecule has 2 heterocycles. The van der Waals surface area contributed by atoms with Gasteiger partial charge in [-0.2, -0.15) is 0 Å². The van der Waals surface area contributed by atoms with Crippen LogP contribution in [0.25, 0.3) is 0 Å². The number of nitrogens with zero attached hydrogens (tertiary/aromatic N) is 2. The average Bonchev–Trinajstić information content (AvgIpc) is 3.23. The third-order valence-corrected chi connectivity index (χ3v) is 5.38. The summed E-state index contributed by atoms with van der Waals surface area (Å²) in [6.07, 6.45) is 2.03. The van der Waals surface area contributed by atoms with Crippen molar-refractivity contribution < 1.29 is 14.3 Å². The zero-order chi connectivity index (χ0) is 20.4. The molecule has 0 saturated heterocycles. The molecule has 1 aromatic heterocycles. The van der Waals surface area contributed by atoms with Gasteiger partial charge in [0.1, 0.15) is 17.5 Å². The molecular weight excluding hydrogens is 390 g/mol. The SMILES string of the molecule is COc1ccc(OC)c([C@@H]2c3cccn3CCN2C(=O)Nc2ccc(Cl)cc2)c1. The normalized spacial score (nSPS) is 15.6. The van der Waals surface area contributed by atoms with E-state index in [9.17, 15) is 4.79 Å². The Morgan fingerprint density at radius 3 is 2.59 bits per heavy atom. The van der Waals surface area contributed by atoms with Crippen LogP contribution in [0.1, 0.15) is 17.3 Å². The first-order valence-electron chi connectivity index (χ1n) is 9.31. The van der Waals surface area contributed by atoms with Crippen molar-refractivity contribution in [2.24, 2.45) is 0 Å². The Labute approximate surface area is 174 Å². The van der Waals surface area contributed by atoms with Crippen molar-refractivity contribution in [1.82, 2.24) is 9.47 Å². The molecule has 0 bridgehead atoms. The van der Waals surface area contributed by atoms with E-state index in [2.05, 4.69) is 9.88 Å². The number of urea groups is 1. The smallest absolute Gasteiger partial charge is 0.322 e. The number of nitrogens with one attached hydrogen (secondary N) is 1. The summed E-state index contributed by atoms with van der Waals surface area (Å²) in [5.41, 5.74) is 2.59. The predicted molar refractivity (Wildman–Crippen MR) is 113 cm³/mol. The van der Waals surface area contributed by atoms with Gasteiger partial charge in [-0.15, -0.1) is 0 Å². The van der Waals surface area contributed by atoms with Crippen LogP contribution in [-0.4, -0.2) is 36.3 Å². The highest BCUT2D eigenvalue weighted by Crippen LogP contribution is 2.39. The second-order valence-corrected chi connectivity index (χ2v) is 7.20. The van der Waals surface area contributed by atoms with E-state index in [4.69, 9.17) is 21.1 Å². The zero-order valence-corrected chi connectivity index (χ0v) is 17.0. The first-order valence-corrected chi connectivity index (χ1v) is 9.68. The Bertz CT molecular complexity index is 1020. The van der Waals surface area contributed by atoms with Crippen molar-refractivity contribution in [3.05, 3.63) is 77.1 Å². The average molecular weight is 412 g/mol. The standard InChI is InChI=1S/C22H22ClN3O3/c1-28-17-9-10-20(29-2)18(14-17)21-19-4-3-11-25(19)12-13-26(21)22(27)24-16-7-5-15(23)6-8-16/h3-11,14,21H,12-13H2,1-2H3,(H,24,27)/t21-/m1/s1. The Kier molecular flexibility index (Phi) is 5.36. The Balaban J connectivity index is 1.73. The molecule has 2 amide bonds. The maximum absolute atomic E-state index is 13.2. The highest BCUT2D eigenvalue weighted by Gasteiger charge is 2.34. The molecule has 1 aliphatic heterocycles. The number of halogens is 1. The highest BCUT2D eigenvalue weighted by molar-refractivity contribution is 6.30. The summed E-state index contributed by atoms with van der Waals surface area (Å²) in [6.45, 7) is 1.28. The van der Waals surface area contributed by atoms with E-state index in [-0.39, 0.29) is 12.1 Å². The minimum Gasteiger partial charge on any atom is -0.497 e. The van der Waals surface area contributed by atoms with Gasteiger partial charge in [-0.1, -0.05) is 11.6 Å². The summed E-state index contributed by atoms with van der Waals surface area (Å²) in [5, 5.41) is 3.60. The van der Waals surface area contributed by atoms with Crippen LogP contribution in [0, 0.1) is 0 Å². The summed E-state index contributed by atoms with van der Waals surface area (Å²) in [6, 6.07) is 16.2. The quantitative estimate of drug-likeness (QED) is 0.671. The lowest BCUT2D eigenvalue weighted by Gasteiger charge is -2.37. The number of hydrogen-bond acceptors (Lipinski definition) is 3. The number of benzene rings is 2. The number of fused-ring (bicyclic) bond motifs is 1. The van der Waals surface area contributed by atoms with E-state index in [0.717, 1.165) is 17.8 Å². The fourth-order valence-corrected chi connectivity index (χ4v) is 3.84. The van der Waals surface area contributed by atoms with E-state index in [1.165, 1.54) is 0 Å². The van der Waals surface area contributed by atoms with Crippen LogP contribution in [0.5, 0.6) is 11.5 Å². The lowest BCUT2D eigenvalue weighted by molar-refractivity contribution is 0.180. The molecular formula is C22H22ClN3O3. The number of amides is 2. The van der Waals surface area contributed by atoms with Gasteiger partial charge in [0, 0.05) is 41.3 Å². The van der Waals surface area contributed by atoms with Gasteiger partial charge in [-0.05, 0) is 54.6 Å². The maximum atomic E-state index is 13.2. The summed E-state index contributed by atoms with van der Waals surface area (Å²) in [4.78, 5) is 15.0. The minimum absolute atomic E-state index is 0.186. The van der Waals surface area contributed by atoms with Crippen LogP contribution >= 0.6 is 11.6 Å². The number of carbonyl (C=O) groups is 1. The van der Waals surface area contributed by atoms with Crippen molar-refractivity contribution in [1.29, 1.82) is 0 Å². The summed E-state index contributed by atoms with van der Waals surface area (Å²) >= 11 is 5.95. The van der Waals surface area contributed by atoms with Crippen molar-refractivity contribution in [3.63, 3.8) is 0 Å². The highest BCUT2D eigenvalue weighted by atomic mass is 35.5. The first kappa shape index (κ1) is 19.2. The third kappa shape index (κ3) is 3.76. The number of rotatable bonds is 4. The van der Waals surface area contributed by atoms with Crippen molar-refractivity contribution in [2.45, 2.75) is 12.6 Å². The van der Waals surface area contributed by atoms with Gasteiger partial charge in [0.2, 0.25) is 0 Å². The fraction of sp³-hybridized carbons (Fsp3) is 0.227. The summed E-state index contributed by atoms with van der Waals surface area (Å²) < 4.78 is 13.2. The molecule has 3 aromatic rings. The molecule has 150 valence electrons. The molecule has 0 fully saturated rings. The van der Waals surface area contributed by atoms with E-state index in [1.54, 1.807) is 38.5 Å². The minimum atomic E-state index is -0.309. The van der Waals surface area contributed by atoms with Crippen LogP contribution in [0.15, 0.2) is 60.8 Å². The van der Waals surface area contributed by atoms with E-state index in [1.807, 2.05) is 41.4 Å². The molecule has 0 aliphatic carbocycles. The molecule has 6 nitrogen and oxygen atoms in total. The molecule has 0 spiro atoms. The zero-order valence-electron chi connectivity index (χ0n) is 16.3. The van der Waals surface area contributed by atoms with Gasteiger partial charge >= 0.3 is 6.03 Å². The monoisotopic (exact) mass is 411 g/mol. The van der Waals surface area contributed by atoms with E-state index < -0.39 is 0 Å². The van der Waals surface area contributed by atoms with E-state index >= 15 is 0 Å². The summed E-state index contributed by atoms with van der Waals surface area (Å²) in [7, 11) is 3.26. The lowest BCUT2D eigenvalue weighted by Crippen LogP contribution is -2.44. The topological polar surface area (TPSA) is 55.7 Å².